The first kappa shape index (κ1) is 11.9. The molecule has 6 heteroatoms. The molecule has 2 N–H and O–H groups in total. The second kappa shape index (κ2) is 4.59. The fourth-order valence-corrected chi connectivity index (χ4v) is 2.13. The first-order valence-corrected chi connectivity index (χ1v) is 5.28. The van der Waals surface area contributed by atoms with E-state index >= 15 is 0 Å². The zero-order valence-electron chi connectivity index (χ0n) is 8.89. The summed E-state index contributed by atoms with van der Waals surface area (Å²) in [6.07, 6.45) is -1.25. The zero-order valence-corrected chi connectivity index (χ0v) is 9.71. The van der Waals surface area contributed by atoms with E-state index < -0.39 is 12.1 Å². The molecule has 1 heterocycles. The first-order chi connectivity index (χ1) is 6.91. The largest absolute Gasteiger partial charge is 0.481 e. The van der Waals surface area contributed by atoms with Crippen molar-refractivity contribution in [1.82, 2.24) is 4.98 Å². The number of aliphatic hydroxyl groups excluding tert-OH is 1. The van der Waals surface area contributed by atoms with Crippen molar-refractivity contribution in [2.45, 2.75) is 19.4 Å². The summed E-state index contributed by atoms with van der Waals surface area (Å²) in [6.45, 7) is 1.77. The van der Waals surface area contributed by atoms with Gasteiger partial charge in [-0.3, -0.25) is 4.79 Å². The van der Waals surface area contributed by atoms with Gasteiger partial charge in [0.1, 0.15) is 6.10 Å². The summed E-state index contributed by atoms with van der Waals surface area (Å²) in [7, 11) is 3.71. The Hall–Kier alpha value is -1.14. The molecule has 0 unspecified atom stereocenters. The molecular formula is C9H14N2O3S. The van der Waals surface area contributed by atoms with Crippen LogP contribution in [0, 0.1) is 6.92 Å². The minimum absolute atomic E-state index is 0.282. The lowest BCUT2D eigenvalue weighted by Gasteiger charge is -2.06. The number of aromatic nitrogens is 1. The van der Waals surface area contributed by atoms with E-state index in [1.54, 1.807) is 6.92 Å². The van der Waals surface area contributed by atoms with Crippen LogP contribution in [-0.4, -0.2) is 35.3 Å². The molecule has 0 aromatic carbocycles. The van der Waals surface area contributed by atoms with Gasteiger partial charge < -0.3 is 15.1 Å². The van der Waals surface area contributed by atoms with E-state index in [1.165, 1.54) is 11.3 Å². The predicted molar refractivity (Wildman–Crippen MR) is 58.4 cm³/mol. The van der Waals surface area contributed by atoms with Gasteiger partial charge in [0.25, 0.3) is 0 Å². The highest BCUT2D eigenvalue weighted by molar-refractivity contribution is 7.15. The molecule has 0 radical (unpaired) electrons. The van der Waals surface area contributed by atoms with Crippen LogP contribution in [0.5, 0.6) is 0 Å². The molecular weight excluding hydrogens is 216 g/mol. The Morgan fingerprint density at radius 3 is 2.60 bits per heavy atom. The molecule has 0 spiro atoms. The third-order valence-corrected chi connectivity index (χ3v) is 3.30. The molecule has 1 aromatic rings. The van der Waals surface area contributed by atoms with Crippen molar-refractivity contribution in [2.24, 2.45) is 0 Å². The van der Waals surface area contributed by atoms with Crippen molar-refractivity contribution in [2.75, 3.05) is 19.0 Å². The van der Waals surface area contributed by atoms with Gasteiger partial charge >= 0.3 is 5.97 Å². The van der Waals surface area contributed by atoms with Gasteiger partial charge in [-0.2, -0.15) is 0 Å². The molecule has 5 nitrogen and oxygen atoms in total. The van der Waals surface area contributed by atoms with Crippen LogP contribution in [0.25, 0.3) is 0 Å². The second-order valence-corrected chi connectivity index (χ2v) is 4.46. The Morgan fingerprint density at radius 1 is 1.60 bits per heavy atom. The van der Waals surface area contributed by atoms with Gasteiger partial charge in [-0.25, -0.2) is 4.98 Å². The van der Waals surface area contributed by atoms with Crippen molar-refractivity contribution in [3.05, 3.63) is 10.6 Å². The van der Waals surface area contributed by atoms with E-state index in [-0.39, 0.29) is 6.42 Å². The van der Waals surface area contributed by atoms with E-state index in [0.29, 0.717) is 10.6 Å². The highest BCUT2D eigenvalue weighted by atomic mass is 32.1. The van der Waals surface area contributed by atoms with E-state index in [1.807, 2.05) is 19.0 Å². The number of thiazole rings is 1. The van der Waals surface area contributed by atoms with Crippen LogP contribution in [0.3, 0.4) is 0 Å². The summed E-state index contributed by atoms with van der Waals surface area (Å²) < 4.78 is 0. The van der Waals surface area contributed by atoms with Crippen LogP contribution < -0.4 is 4.90 Å². The number of nitrogens with zero attached hydrogens (tertiary/aromatic N) is 2. The van der Waals surface area contributed by atoms with Gasteiger partial charge in [-0.05, 0) is 6.92 Å². The quantitative estimate of drug-likeness (QED) is 0.808. The smallest absolute Gasteiger partial charge is 0.306 e. The maximum atomic E-state index is 10.4. The van der Waals surface area contributed by atoms with Gasteiger partial charge in [-0.15, -0.1) is 0 Å². The van der Waals surface area contributed by atoms with Crippen LogP contribution in [-0.2, 0) is 4.79 Å². The standard InChI is InChI=1S/C9H14N2O3S/c1-5-8(6(12)4-7(13)14)15-9(10-5)11(2)3/h6,12H,4H2,1-3H3,(H,13,14)/t6-/m0/s1. The molecule has 84 valence electrons. The Kier molecular flexibility index (Phi) is 3.65. The molecule has 0 aliphatic rings. The number of rotatable bonds is 4. The van der Waals surface area contributed by atoms with Crippen molar-refractivity contribution in [3.63, 3.8) is 0 Å². The third kappa shape index (κ3) is 2.90. The van der Waals surface area contributed by atoms with Gasteiger partial charge in [-0.1, -0.05) is 11.3 Å². The SMILES string of the molecule is Cc1nc(N(C)C)sc1[C@@H](O)CC(=O)O. The third-order valence-electron chi connectivity index (χ3n) is 1.87. The number of carboxylic acid groups (broad SMARTS) is 1. The van der Waals surface area contributed by atoms with E-state index in [4.69, 9.17) is 5.11 Å². The lowest BCUT2D eigenvalue weighted by Crippen LogP contribution is -2.07. The Labute approximate surface area is 92.0 Å². The molecule has 0 saturated heterocycles. The lowest BCUT2D eigenvalue weighted by molar-refractivity contribution is -0.139. The second-order valence-electron chi connectivity index (χ2n) is 3.45. The zero-order chi connectivity index (χ0) is 11.6. The Morgan fingerprint density at radius 2 is 2.20 bits per heavy atom. The van der Waals surface area contributed by atoms with Gasteiger partial charge in [0.15, 0.2) is 5.13 Å². The maximum Gasteiger partial charge on any atom is 0.306 e. The number of carbonyl (C=O) groups is 1. The summed E-state index contributed by atoms with van der Waals surface area (Å²) in [6, 6.07) is 0. The van der Waals surface area contributed by atoms with Crippen LogP contribution in [0.4, 0.5) is 5.13 Å². The fourth-order valence-electron chi connectivity index (χ4n) is 1.15. The normalized spacial score (nSPS) is 12.5. The lowest BCUT2D eigenvalue weighted by atomic mass is 10.2. The topological polar surface area (TPSA) is 73.7 Å². The predicted octanol–water partition coefficient (Wildman–Crippen LogP) is 1.03. The van der Waals surface area contributed by atoms with Crippen molar-refractivity contribution >= 4 is 22.4 Å². The molecule has 0 fully saturated rings. The number of hydrogen-bond acceptors (Lipinski definition) is 5. The van der Waals surface area contributed by atoms with Crippen LogP contribution >= 0.6 is 11.3 Å². The van der Waals surface area contributed by atoms with Crippen LogP contribution in [0.1, 0.15) is 23.1 Å². The number of aliphatic carboxylic acids is 1. The number of carboxylic acids is 1. The van der Waals surface area contributed by atoms with Gasteiger partial charge in [0.2, 0.25) is 0 Å². The van der Waals surface area contributed by atoms with Crippen molar-refractivity contribution in [1.29, 1.82) is 0 Å². The monoisotopic (exact) mass is 230 g/mol. The number of anilines is 1. The summed E-state index contributed by atoms with van der Waals surface area (Å²) in [4.78, 5) is 17.1. The Bertz CT molecular complexity index is 362. The molecule has 1 atom stereocenters. The molecule has 0 aliphatic heterocycles. The average Bonchev–Trinajstić information content (AvgIpc) is 2.46. The minimum Gasteiger partial charge on any atom is -0.481 e. The van der Waals surface area contributed by atoms with Crippen molar-refractivity contribution in [3.8, 4) is 0 Å². The van der Waals surface area contributed by atoms with E-state index in [2.05, 4.69) is 4.98 Å². The summed E-state index contributed by atoms with van der Waals surface area (Å²) in [5.41, 5.74) is 0.692. The summed E-state index contributed by atoms with van der Waals surface area (Å²) in [5.74, 6) is -1.01. The molecule has 0 saturated carbocycles. The summed E-state index contributed by atoms with van der Waals surface area (Å²) in [5, 5.41) is 19.0. The van der Waals surface area contributed by atoms with Gasteiger partial charge in [0.05, 0.1) is 17.0 Å². The highest BCUT2D eigenvalue weighted by Crippen LogP contribution is 2.31. The maximum absolute atomic E-state index is 10.4. The molecule has 0 aliphatic carbocycles. The molecule has 1 aromatic heterocycles. The molecule has 0 bridgehead atoms. The Balaban J connectivity index is 2.89. The van der Waals surface area contributed by atoms with Crippen LogP contribution in [0.2, 0.25) is 0 Å². The molecule has 0 amide bonds. The number of hydrogen-bond donors (Lipinski definition) is 2. The number of aliphatic hydroxyl groups is 1. The average molecular weight is 230 g/mol. The van der Waals surface area contributed by atoms with E-state index in [0.717, 1.165) is 5.13 Å². The fraction of sp³-hybridized carbons (Fsp3) is 0.556. The van der Waals surface area contributed by atoms with E-state index in [9.17, 15) is 9.90 Å². The molecule has 15 heavy (non-hydrogen) atoms. The van der Waals surface area contributed by atoms with Crippen molar-refractivity contribution < 1.29 is 15.0 Å². The summed E-state index contributed by atoms with van der Waals surface area (Å²) >= 11 is 1.32. The number of aryl methyl sites for hydroxylation is 1. The van der Waals surface area contributed by atoms with Gasteiger partial charge in [0, 0.05) is 14.1 Å². The first-order valence-electron chi connectivity index (χ1n) is 4.46. The van der Waals surface area contributed by atoms with Crippen LogP contribution in [0.15, 0.2) is 0 Å². The highest BCUT2D eigenvalue weighted by Gasteiger charge is 2.19. The molecule has 1 rings (SSSR count). The minimum atomic E-state index is -1.01.